The number of carbonyl (C=O) groups is 1. The molecule has 2 bridgehead atoms. The first-order chi connectivity index (χ1) is 10.6. The Labute approximate surface area is 137 Å². The lowest BCUT2D eigenvalue weighted by Gasteiger charge is -2.49. The highest BCUT2D eigenvalue weighted by Crippen LogP contribution is 2.32. The van der Waals surface area contributed by atoms with E-state index in [-0.39, 0.29) is 11.9 Å². The normalized spacial score (nSPS) is 30.6. The van der Waals surface area contributed by atoms with E-state index in [4.69, 9.17) is 4.42 Å². The molecule has 2 atom stereocenters. The molecule has 3 fully saturated rings. The predicted octanol–water partition coefficient (Wildman–Crippen LogP) is 2.80. The molecule has 5 nitrogen and oxygen atoms in total. The van der Waals surface area contributed by atoms with Crippen LogP contribution in [0, 0.1) is 5.92 Å². The van der Waals surface area contributed by atoms with Gasteiger partial charge in [-0.3, -0.25) is 9.69 Å². The third-order valence-corrected chi connectivity index (χ3v) is 5.74. The summed E-state index contributed by atoms with van der Waals surface area (Å²) in [5.41, 5.74) is 1.12. The van der Waals surface area contributed by atoms with E-state index in [0.717, 1.165) is 22.9 Å². The smallest absolute Gasteiger partial charge is 0.270 e. The maximum atomic E-state index is 12.6. The van der Waals surface area contributed by atoms with E-state index >= 15 is 0 Å². The standard InChI is InChI=1S/C16H18BrN3O2/c1-9-15(10-2-4-20(9)5-3-10)19-16(21)13-6-11-12(17)8-22-14(11)7-18-13/h6-10,15H,2-5H2,1H3,(H,19,21). The summed E-state index contributed by atoms with van der Waals surface area (Å²) < 4.78 is 6.19. The van der Waals surface area contributed by atoms with Crippen molar-refractivity contribution in [1.82, 2.24) is 15.2 Å². The van der Waals surface area contributed by atoms with Crippen molar-refractivity contribution in [3.8, 4) is 0 Å². The van der Waals surface area contributed by atoms with Crippen LogP contribution in [0.5, 0.6) is 0 Å². The summed E-state index contributed by atoms with van der Waals surface area (Å²) in [5.74, 6) is 0.494. The first-order valence-electron chi connectivity index (χ1n) is 7.71. The molecule has 0 saturated carbocycles. The van der Waals surface area contributed by atoms with Gasteiger partial charge in [-0.15, -0.1) is 0 Å². The van der Waals surface area contributed by atoms with Gasteiger partial charge in [0.05, 0.1) is 10.7 Å². The summed E-state index contributed by atoms with van der Waals surface area (Å²) >= 11 is 3.42. The minimum atomic E-state index is -0.0967. The van der Waals surface area contributed by atoms with Crippen molar-refractivity contribution in [3.63, 3.8) is 0 Å². The van der Waals surface area contributed by atoms with Gasteiger partial charge < -0.3 is 9.73 Å². The molecule has 5 rings (SSSR count). The second kappa shape index (κ2) is 5.35. The number of rotatable bonds is 2. The molecule has 5 heterocycles. The second-order valence-electron chi connectivity index (χ2n) is 6.26. The van der Waals surface area contributed by atoms with E-state index in [1.54, 1.807) is 18.5 Å². The van der Waals surface area contributed by atoms with Gasteiger partial charge in [-0.2, -0.15) is 0 Å². The Bertz CT molecular complexity index is 719. The lowest BCUT2D eigenvalue weighted by Crippen LogP contribution is -2.62. The average molecular weight is 364 g/mol. The van der Waals surface area contributed by atoms with E-state index in [1.807, 2.05) is 0 Å². The molecular weight excluding hydrogens is 346 g/mol. The van der Waals surface area contributed by atoms with Gasteiger partial charge in [0.15, 0.2) is 5.58 Å². The molecule has 0 radical (unpaired) electrons. The number of nitrogens with one attached hydrogen (secondary N) is 1. The van der Waals surface area contributed by atoms with Crippen molar-refractivity contribution in [3.05, 3.63) is 28.7 Å². The van der Waals surface area contributed by atoms with Gasteiger partial charge >= 0.3 is 0 Å². The van der Waals surface area contributed by atoms with E-state index in [1.165, 1.54) is 12.8 Å². The zero-order valence-corrected chi connectivity index (χ0v) is 14.0. The first-order valence-corrected chi connectivity index (χ1v) is 8.50. The van der Waals surface area contributed by atoms with Crippen molar-refractivity contribution in [1.29, 1.82) is 0 Å². The molecule has 3 aliphatic heterocycles. The van der Waals surface area contributed by atoms with Crippen LogP contribution in [0.25, 0.3) is 11.0 Å². The van der Waals surface area contributed by atoms with Gasteiger partial charge in [0.1, 0.15) is 12.0 Å². The summed E-state index contributed by atoms with van der Waals surface area (Å²) in [6.07, 6.45) is 5.57. The average Bonchev–Trinajstić information content (AvgIpc) is 2.92. The largest absolute Gasteiger partial charge is 0.461 e. The van der Waals surface area contributed by atoms with Gasteiger partial charge in [-0.05, 0) is 60.8 Å². The molecule has 3 saturated heterocycles. The number of fused-ring (bicyclic) bond motifs is 4. The molecule has 0 aromatic carbocycles. The van der Waals surface area contributed by atoms with Crippen LogP contribution in [0.15, 0.2) is 27.4 Å². The Kier molecular flexibility index (Phi) is 3.46. The number of hydrogen-bond donors (Lipinski definition) is 1. The molecular formula is C16H18BrN3O2. The molecule has 116 valence electrons. The van der Waals surface area contributed by atoms with Crippen LogP contribution in [0.2, 0.25) is 0 Å². The molecule has 6 heteroatoms. The number of hydrogen-bond acceptors (Lipinski definition) is 4. The molecule has 0 spiro atoms. The molecule has 1 N–H and O–H groups in total. The van der Waals surface area contributed by atoms with Crippen LogP contribution in [-0.4, -0.2) is 41.0 Å². The SMILES string of the molecule is CC1C(NC(=O)c2cc3c(Br)coc3cn2)C2CCN1CC2. The van der Waals surface area contributed by atoms with Crippen LogP contribution in [0.1, 0.15) is 30.3 Å². The van der Waals surface area contributed by atoms with Crippen LogP contribution in [0.4, 0.5) is 0 Å². The lowest BCUT2D eigenvalue weighted by molar-refractivity contribution is 0.0216. The molecule has 3 aliphatic rings. The summed E-state index contributed by atoms with van der Waals surface area (Å²) in [6, 6.07) is 2.41. The monoisotopic (exact) mass is 363 g/mol. The van der Waals surface area contributed by atoms with Crippen molar-refractivity contribution < 1.29 is 9.21 Å². The van der Waals surface area contributed by atoms with Crippen LogP contribution in [0.3, 0.4) is 0 Å². The quantitative estimate of drug-likeness (QED) is 0.891. The highest BCUT2D eigenvalue weighted by atomic mass is 79.9. The number of amides is 1. The van der Waals surface area contributed by atoms with Crippen LogP contribution < -0.4 is 5.32 Å². The minimum absolute atomic E-state index is 0.0967. The minimum Gasteiger partial charge on any atom is -0.461 e. The molecule has 2 unspecified atom stereocenters. The Morgan fingerprint density at radius 1 is 1.45 bits per heavy atom. The van der Waals surface area contributed by atoms with E-state index in [2.05, 4.69) is 38.1 Å². The van der Waals surface area contributed by atoms with E-state index in [9.17, 15) is 4.79 Å². The van der Waals surface area contributed by atoms with Crippen LogP contribution >= 0.6 is 15.9 Å². The number of piperidine rings is 3. The van der Waals surface area contributed by atoms with Gasteiger partial charge in [-0.1, -0.05) is 0 Å². The number of nitrogens with zero attached hydrogens (tertiary/aromatic N) is 2. The summed E-state index contributed by atoms with van der Waals surface area (Å²) in [5, 5.41) is 4.08. The Morgan fingerprint density at radius 2 is 2.23 bits per heavy atom. The maximum absolute atomic E-state index is 12.6. The van der Waals surface area contributed by atoms with Gasteiger partial charge in [0.2, 0.25) is 0 Å². The first kappa shape index (κ1) is 14.2. The zero-order chi connectivity index (χ0) is 15.3. The predicted molar refractivity (Wildman–Crippen MR) is 86.7 cm³/mol. The number of furan rings is 1. The lowest BCUT2D eigenvalue weighted by atomic mass is 9.79. The molecule has 22 heavy (non-hydrogen) atoms. The van der Waals surface area contributed by atoms with Gasteiger partial charge in [0, 0.05) is 17.5 Å². The third-order valence-electron chi connectivity index (χ3n) is 5.12. The number of pyridine rings is 1. The molecule has 0 aliphatic carbocycles. The molecule has 1 amide bonds. The highest BCUT2D eigenvalue weighted by molar-refractivity contribution is 9.10. The summed E-state index contributed by atoms with van der Waals surface area (Å²) in [6.45, 7) is 4.52. The zero-order valence-electron chi connectivity index (χ0n) is 12.4. The Morgan fingerprint density at radius 3 is 2.95 bits per heavy atom. The number of halogens is 1. The second-order valence-corrected chi connectivity index (χ2v) is 7.12. The highest BCUT2D eigenvalue weighted by Gasteiger charge is 2.40. The van der Waals surface area contributed by atoms with Crippen molar-refractivity contribution in [2.45, 2.75) is 31.8 Å². The fourth-order valence-corrected chi connectivity index (χ4v) is 4.20. The van der Waals surface area contributed by atoms with Gasteiger partial charge in [0.25, 0.3) is 5.91 Å². The summed E-state index contributed by atoms with van der Waals surface area (Å²) in [7, 11) is 0. The van der Waals surface area contributed by atoms with Crippen LogP contribution in [-0.2, 0) is 0 Å². The Hall–Kier alpha value is -1.40. The third kappa shape index (κ3) is 2.25. The fraction of sp³-hybridized carbons (Fsp3) is 0.500. The van der Waals surface area contributed by atoms with Gasteiger partial charge in [-0.25, -0.2) is 4.98 Å². The number of aromatic nitrogens is 1. The number of carbonyl (C=O) groups excluding carboxylic acids is 1. The molecule has 2 aromatic heterocycles. The van der Waals surface area contributed by atoms with Crippen molar-refractivity contribution in [2.24, 2.45) is 5.92 Å². The molecule has 2 aromatic rings. The van der Waals surface area contributed by atoms with E-state index < -0.39 is 0 Å². The fourth-order valence-electron chi connectivity index (χ4n) is 3.80. The topological polar surface area (TPSA) is 58.4 Å². The Balaban J connectivity index is 1.57. The summed E-state index contributed by atoms with van der Waals surface area (Å²) in [4.78, 5) is 19.3. The van der Waals surface area contributed by atoms with E-state index in [0.29, 0.717) is 23.2 Å². The maximum Gasteiger partial charge on any atom is 0.270 e. The van der Waals surface area contributed by atoms with Crippen molar-refractivity contribution >= 4 is 32.8 Å². The van der Waals surface area contributed by atoms with Crippen molar-refractivity contribution in [2.75, 3.05) is 13.1 Å².